The summed E-state index contributed by atoms with van der Waals surface area (Å²) in [6, 6.07) is 18.2. The lowest BCUT2D eigenvalue weighted by Crippen LogP contribution is -2.57. The van der Waals surface area contributed by atoms with Crippen LogP contribution in [0, 0.1) is 5.92 Å². The van der Waals surface area contributed by atoms with Crippen molar-refractivity contribution in [1.82, 2.24) is 5.32 Å². The Bertz CT molecular complexity index is 784. The van der Waals surface area contributed by atoms with Crippen LogP contribution in [0.2, 0.25) is 0 Å². The van der Waals surface area contributed by atoms with E-state index in [4.69, 9.17) is 0 Å². The summed E-state index contributed by atoms with van der Waals surface area (Å²) in [5.41, 5.74) is 3.27. The van der Waals surface area contributed by atoms with Gasteiger partial charge >= 0.3 is 0 Å². The van der Waals surface area contributed by atoms with E-state index in [0.717, 1.165) is 24.0 Å². The third kappa shape index (κ3) is 5.64. The van der Waals surface area contributed by atoms with Gasteiger partial charge < -0.3 is 5.32 Å². The summed E-state index contributed by atoms with van der Waals surface area (Å²) in [7, 11) is 0. The minimum absolute atomic E-state index is 0.0821. The summed E-state index contributed by atoms with van der Waals surface area (Å²) in [5, 5.41) is 3.69. The fourth-order valence-electron chi connectivity index (χ4n) is 4.59. The Kier molecular flexibility index (Phi) is 5.67. The molecule has 142 valence electrons. The molecule has 1 aliphatic rings. The van der Waals surface area contributed by atoms with Crippen LogP contribution in [0.5, 0.6) is 0 Å². The van der Waals surface area contributed by atoms with Gasteiger partial charge in [-0.3, -0.25) is 4.79 Å². The Morgan fingerprint density at radius 2 is 1.41 bits per heavy atom. The normalized spacial score (nSPS) is 19.3. The summed E-state index contributed by atoms with van der Waals surface area (Å²) in [6.45, 7) is 8.94. The first-order valence-corrected chi connectivity index (χ1v) is 9.88. The van der Waals surface area contributed by atoms with Crippen molar-refractivity contribution in [3.05, 3.63) is 71.3 Å². The molecule has 3 rings (SSSR count). The molecule has 1 fully saturated rings. The molecule has 27 heavy (non-hydrogen) atoms. The topological polar surface area (TPSA) is 29.1 Å². The van der Waals surface area contributed by atoms with Crippen molar-refractivity contribution >= 4 is 17.9 Å². The SMILES string of the molecule is CC1(C)CC(CC(=O)c2ccc(/C=C/c3ccccc3)cc2)CC(C)(C)N1. The number of ketones is 1. The molecular weight excluding hydrogens is 330 g/mol. The van der Waals surface area contributed by atoms with E-state index < -0.39 is 0 Å². The van der Waals surface area contributed by atoms with Crippen LogP contribution in [-0.2, 0) is 0 Å². The summed E-state index contributed by atoms with van der Waals surface area (Å²) < 4.78 is 0. The number of rotatable bonds is 5. The lowest BCUT2D eigenvalue weighted by Gasteiger charge is -2.46. The molecule has 1 aliphatic heterocycles. The molecule has 1 N–H and O–H groups in total. The molecule has 0 spiro atoms. The summed E-state index contributed by atoms with van der Waals surface area (Å²) >= 11 is 0. The smallest absolute Gasteiger partial charge is 0.163 e. The Balaban J connectivity index is 1.63. The Morgan fingerprint density at radius 3 is 1.96 bits per heavy atom. The fourth-order valence-corrected chi connectivity index (χ4v) is 4.59. The second-order valence-corrected chi connectivity index (χ2v) is 9.16. The van der Waals surface area contributed by atoms with Gasteiger partial charge in [-0.1, -0.05) is 66.7 Å². The maximum Gasteiger partial charge on any atom is 0.163 e. The average Bonchev–Trinajstić information content (AvgIpc) is 2.58. The van der Waals surface area contributed by atoms with Gasteiger partial charge in [0.05, 0.1) is 0 Å². The van der Waals surface area contributed by atoms with Crippen molar-refractivity contribution in [1.29, 1.82) is 0 Å². The van der Waals surface area contributed by atoms with E-state index in [1.807, 2.05) is 42.5 Å². The number of Topliss-reactive ketones (excluding diaryl/α,β-unsaturated/α-hetero) is 1. The van der Waals surface area contributed by atoms with E-state index in [2.05, 4.69) is 57.3 Å². The number of carbonyl (C=O) groups is 1. The van der Waals surface area contributed by atoms with Gasteiger partial charge in [0.2, 0.25) is 0 Å². The van der Waals surface area contributed by atoms with Crippen molar-refractivity contribution in [2.75, 3.05) is 0 Å². The number of piperidine rings is 1. The number of hydrogen-bond acceptors (Lipinski definition) is 2. The molecule has 0 atom stereocenters. The van der Waals surface area contributed by atoms with Crippen LogP contribution in [0.1, 0.15) is 68.4 Å². The largest absolute Gasteiger partial charge is 0.307 e. The van der Waals surface area contributed by atoms with E-state index >= 15 is 0 Å². The molecule has 2 aromatic carbocycles. The Morgan fingerprint density at radius 1 is 0.889 bits per heavy atom. The molecule has 1 heterocycles. The average molecular weight is 362 g/mol. The van der Waals surface area contributed by atoms with Gasteiger partial charge in [-0.2, -0.15) is 0 Å². The number of nitrogens with one attached hydrogen (secondary N) is 1. The van der Waals surface area contributed by atoms with Crippen molar-refractivity contribution in [2.24, 2.45) is 5.92 Å². The molecule has 0 bridgehead atoms. The maximum atomic E-state index is 12.8. The minimum atomic E-state index is 0.0821. The van der Waals surface area contributed by atoms with E-state index in [9.17, 15) is 4.79 Å². The minimum Gasteiger partial charge on any atom is -0.307 e. The van der Waals surface area contributed by atoms with E-state index in [-0.39, 0.29) is 16.9 Å². The second kappa shape index (κ2) is 7.82. The summed E-state index contributed by atoms with van der Waals surface area (Å²) in [5.74, 6) is 0.688. The predicted molar refractivity (Wildman–Crippen MR) is 115 cm³/mol. The lowest BCUT2D eigenvalue weighted by molar-refractivity contribution is 0.0864. The molecule has 2 heteroatoms. The molecule has 0 saturated carbocycles. The summed E-state index contributed by atoms with van der Waals surface area (Å²) in [6.07, 6.45) is 6.89. The zero-order valence-electron chi connectivity index (χ0n) is 17.0. The van der Waals surface area contributed by atoms with Gasteiger partial charge in [-0.05, 0) is 57.6 Å². The van der Waals surface area contributed by atoms with Crippen LogP contribution in [0.3, 0.4) is 0 Å². The van der Waals surface area contributed by atoms with E-state index in [1.54, 1.807) is 0 Å². The van der Waals surface area contributed by atoms with Gasteiger partial charge in [-0.15, -0.1) is 0 Å². The molecule has 1 saturated heterocycles. The summed E-state index contributed by atoms with van der Waals surface area (Å²) in [4.78, 5) is 12.8. The van der Waals surface area contributed by atoms with E-state index in [1.165, 1.54) is 5.56 Å². The van der Waals surface area contributed by atoms with Crippen molar-refractivity contribution < 1.29 is 4.79 Å². The van der Waals surface area contributed by atoms with Gasteiger partial charge in [0.1, 0.15) is 0 Å². The highest BCUT2D eigenvalue weighted by molar-refractivity contribution is 5.96. The predicted octanol–water partition coefficient (Wildman–Crippen LogP) is 5.99. The third-order valence-electron chi connectivity index (χ3n) is 5.25. The fraction of sp³-hybridized carbons (Fsp3) is 0.400. The highest BCUT2D eigenvalue weighted by Crippen LogP contribution is 2.35. The van der Waals surface area contributed by atoms with Crippen molar-refractivity contribution in [3.8, 4) is 0 Å². The van der Waals surface area contributed by atoms with Crippen LogP contribution < -0.4 is 5.32 Å². The highest BCUT2D eigenvalue weighted by Gasteiger charge is 2.38. The van der Waals surface area contributed by atoms with E-state index in [0.29, 0.717) is 12.3 Å². The highest BCUT2D eigenvalue weighted by atomic mass is 16.1. The van der Waals surface area contributed by atoms with Gasteiger partial charge in [0.25, 0.3) is 0 Å². The van der Waals surface area contributed by atoms with Gasteiger partial charge in [0.15, 0.2) is 5.78 Å². The molecule has 0 aromatic heterocycles. The van der Waals surface area contributed by atoms with Crippen LogP contribution in [0.25, 0.3) is 12.2 Å². The molecule has 0 unspecified atom stereocenters. The van der Waals surface area contributed by atoms with Crippen LogP contribution in [0.15, 0.2) is 54.6 Å². The molecule has 2 aromatic rings. The maximum absolute atomic E-state index is 12.8. The number of hydrogen-bond donors (Lipinski definition) is 1. The van der Waals surface area contributed by atoms with Gasteiger partial charge in [0, 0.05) is 23.1 Å². The zero-order valence-corrected chi connectivity index (χ0v) is 17.0. The number of benzene rings is 2. The Hall–Kier alpha value is -2.19. The molecule has 0 amide bonds. The molecule has 0 aliphatic carbocycles. The quantitative estimate of drug-likeness (QED) is 0.524. The monoisotopic (exact) mass is 361 g/mol. The third-order valence-corrected chi connectivity index (χ3v) is 5.25. The first-order chi connectivity index (χ1) is 12.7. The standard InChI is InChI=1S/C25H31NO/c1-24(2)17-21(18-25(3,4)26-24)16-23(27)22-14-12-20(13-15-22)11-10-19-8-6-5-7-9-19/h5-15,21,26H,16-18H2,1-4H3/b11-10+. The van der Waals surface area contributed by atoms with Crippen LogP contribution >= 0.6 is 0 Å². The van der Waals surface area contributed by atoms with Crippen LogP contribution in [0.4, 0.5) is 0 Å². The molecule has 2 nitrogen and oxygen atoms in total. The van der Waals surface area contributed by atoms with Crippen LogP contribution in [-0.4, -0.2) is 16.9 Å². The van der Waals surface area contributed by atoms with Crippen molar-refractivity contribution in [2.45, 2.75) is 58.0 Å². The second-order valence-electron chi connectivity index (χ2n) is 9.16. The first kappa shape index (κ1) is 19.6. The Labute approximate surface area is 163 Å². The van der Waals surface area contributed by atoms with Gasteiger partial charge in [-0.25, -0.2) is 0 Å². The molecular formula is C25H31NO. The molecule has 0 radical (unpaired) electrons. The number of carbonyl (C=O) groups excluding carboxylic acids is 1. The lowest BCUT2D eigenvalue weighted by atomic mass is 9.74. The van der Waals surface area contributed by atoms with Crippen molar-refractivity contribution in [3.63, 3.8) is 0 Å². The zero-order chi connectivity index (χ0) is 19.5. The first-order valence-electron chi connectivity index (χ1n) is 9.88.